The molecule has 1 heterocycles. The quantitative estimate of drug-likeness (QED) is 0.656. The van der Waals surface area contributed by atoms with Crippen molar-refractivity contribution in [3.8, 4) is 5.75 Å². The Hall–Kier alpha value is -2.69. The van der Waals surface area contributed by atoms with Gasteiger partial charge in [-0.05, 0) is 48.7 Å². The van der Waals surface area contributed by atoms with E-state index in [-0.39, 0.29) is 0 Å². The van der Waals surface area contributed by atoms with Crippen molar-refractivity contribution < 1.29 is 4.74 Å². The molecule has 24 heavy (non-hydrogen) atoms. The lowest BCUT2D eigenvalue weighted by atomic mass is 10.1. The molecular weight excluding hydrogens is 300 g/mol. The summed E-state index contributed by atoms with van der Waals surface area (Å²) in [6, 6.07) is 18.2. The summed E-state index contributed by atoms with van der Waals surface area (Å²) in [5.41, 5.74) is 8.19. The van der Waals surface area contributed by atoms with E-state index in [2.05, 4.69) is 39.5 Å². The van der Waals surface area contributed by atoms with Crippen molar-refractivity contribution in [3.63, 3.8) is 0 Å². The Labute approximate surface area is 143 Å². The van der Waals surface area contributed by atoms with Crippen LogP contribution >= 0.6 is 0 Å². The molecule has 0 amide bonds. The molecule has 2 aromatic carbocycles. The Bertz CT molecular complexity index is 670. The smallest absolute Gasteiger partial charge is 0.193 e. The van der Waals surface area contributed by atoms with Gasteiger partial charge in [0, 0.05) is 31.0 Å². The average molecular weight is 324 g/mol. The van der Waals surface area contributed by atoms with Gasteiger partial charge in [0.25, 0.3) is 0 Å². The lowest BCUT2D eigenvalue weighted by molar-refractivity contribution is 0.415. The lowest BCUT2D eigenvalue weighted by Crippen LogP contribution is -2.25. The van der Waals surface area contributed by atoms with Crippen molar-refractivity contribution in [2.45, 2.75) is 6.42 Å². The lowest BCUT2D eigenvalue weighted by Gasteiger charge is -2.18. The zero-order chi connectivity index (χ0) is 16.8. The molecule has 0 bridgehead atoms. The predicted octanol–water partition coefficient (Wildman–Crippen LogP) is 2.95. The van der Waals surface area contributed by atoms with Gasteiger partial charge in [-0.15, -0.1) is 0 Å². The van der Waals surface area contributed by atoms with E-state index in [1.54, 1.807) is 7.11 Å². The van der Waals surface area contributed by atoms with Gasteiger partial charge in [-0.3, -0.25) is 4.99 Å². The molecule has 2 aromatic rings. The summed E-state index contributed by atoms with van der Waals surface area (Å²) in [5, 5.41) is 3.12. The number of nitrogens with zero attached hydrogens (tertiary/aromatic N) is 2. The molecule has 3 rings (SSSR count). The third kappa shape index (κ3) is 4.19. The van der Waals surface area contributed by atoms with Crippen molar-refractivity contribution in [2.75, 3.05) is 37.0 Å². The SMILES string of the molecule is COc1ccc(NC(N)=NCC2CCN(c3ccccc3)C2)cc1. The maximum absolute atomic E-state index is 5.99. The molecule has 1 aliphatic rings. The fourth-order valence-corrected chi connectivity index (χ4v) is 2.94. The summed E-state index contributed by atoms with van der Waals surface area (Å²) in [5.74, 6) is 1.82. The second-order valence-electron chi connectivity index (χ2n) is 6.02. The van der Waals surface area contributed by atoms with Crippen molar-refractivity contribution in [1.29, 1.82) is 0 Å². The Morgan fingerprint density at radius 3 is 2.67 bits per heavy atom. The fraction of sp³-hybridized carbons (Fsp3) is 0.316. The average Bonchev–Trinajstić information content (AvgIpc) is 3.10. The number of benzene rings is 2. The van der Waals surface area contributed by atoms with Crippen LogP contribution in [0.4, 0.5) is 11.4 Å². The van der Waals surface area contributed by atoms with E-state index in [9.17, 15) is 0 Å². The highest BCUT2D eigenvalue weighted by Gasteiger charge is 2.22. The second kappa shape index (κ2) is 7.73. The minimum Gasteiger partial charge on any atom is -0.497 e. The molecule has 0 spiro atoms. The molecule has 1 saturated heterocycles. The summed E-state index contributed by atoms with van der Waals surface area (Å²) in [6.45, 7) is 2.86. The van der Waals surface area contributed by atoms with E-state index < -0.39 is 0 Å². The third-order valence-corrected chi connectivity index (χ3v) is 4.29. The largest absolute Gasteiger partial charge is 0.497 e. The van der Waals surface area contributed by atoms with E-state index in [0.29, 0.717) is 11.9 Å². The normalized spacial score (nSPS) is 17.8. The molecule has 1 atom stereocenters. The van der Waals surface area contributed by atoms with Crippen LogP contribution in [-0.2, 0) is 0 Å². The second-order valence-corrected chi connectivity index (χ2v) is 6.02. The minimum absolute atomic E-state index is 0.457. The molecule has 1 aliphatic heterocycles. The number of methoxy groups -OCH3 is 1. The van der Waals surface area contributed by atoms with Crippen LogP contribution in [0.15, 0.2) is 59.6 Å². The number of nitrogens with two attached hydrogens (primary N) is 1. The Balaban J connectivity index is 1.50. The summed E-state index contributed by atoms with van der Waals surface area (Å²) in [6.07, 6.45) is 1.15. The number of guanidine groups is 1. The zero-order valence-corrected chi connectivity index (χ0v) is 14.0. The van der Waals surface area contributed by atoms with Gasteiger partial charge in [0.05, 0.1) is 7.11 Å². The highest BCUT2D eigenvalue weighted by Crippen LogP contribution is 2.23. The van der Waals surface area contributed by atoms with E-state index >= 15 is 0 Å². The summed E-state index contributed by atoms with van der Waals surface area (Å²) < 4.78 is 5.14. The fourth-order valence-electron chi connectivity index (χ4n) is 2.94. The first kappa shape index (κ1) is 16.2. The first-order chi connectivity index (χ1) is 11.7. The number of anilines is 2. The monoisotopic (exact) mass is 324 g/mol. The molecule has 1 unspecified atom stereocenters. The molecule has 0 aromatic heterocycles. The van der Waals surface area contributed by atoms with Crippen LogP contribution in [0.25, 0.3) is 0 Å². The van der Waals surface area contributed by atoms with Crippen molar-refractivity contribution in [2.24, 2.45) is 16.6 Å². The number of hydrogen-bond acceptors (Lipinski definition) is 3. The van der Waals surface area contributed by atoms with Crippen LogP contribution in [0.2, 0.25) is 0 Å². The Kier molecular flexibility index (Phi) is 5.21. The van der Waals surface area contributed by atoms with E-state index in [4.69, 9.17) is 10.5 Å². The van der Waals surface area contributed by atoms with Crippen LogP contribution in [0.1, 0.15) is 6.42 Å². The van der Waals surface area contributed by atoms with Crippen LogP contribution < -0.4 is 20.7 Å². The van der Waals surface area contributed by atoms with Crippen molar-refractivity contribution in [3.05, 3.63) is 54.6 Å². The molecular formula is C19H24N4O. The van der Waals surface area contributed by atoms with E-state index in [1.165, 1.54) is 5.69 Å². The highest BCUT2D eigenvalue weighted by molar-refractivity contribution is 5.92. The van der Waals surface area contributed by atoms with Crippen molar-refractivity contribution >= 4 is 17.3 Å². The number of rotatable bonds is 5. The van der Waals surface area contributed by atoms with Gasteiger partial charge in [-0.25, -0.2) is 0 Å². The van der Waals surface area contributed by atoms with E-state index in [0.717, 1.165) is 37.5 Å². The van der Waals surface area contributed by atoms with Crippen LogP contribution in [0, 0.1) is 5.92 Å². The minimum atomic E-state index is 0.457. The zero-order valence-electron chi connectivity index (χ0n) is 14.0. The maximum atomic E-state index is 5.99. The number of para-hydroxylation sites is 1. The third-order valence-electron chi connectivity index (χ3n) is 4.29. The van der Waals surface area contributed by atoms with Gasteiger partial charge in [-0.1, -0.05) is 18.2 Å². The van der Waals surface area contributed by atoms with Gasteiger partial charge >= 0.3 is 0 Å². The standard InChI is InChI=1S/C19H24N4O/c1-24-18-9-7-16(8-10-18)22-19(20)21-13-15-11-12-23(14-15)17-5-3-2-4-6-17/h2-10,15H,11-14H2,1H3,(H3,20,21,22). The molecule has 3 N–H and O–H groups in total. The van der Waals surface area contributed by atoms with Gasteiger partial charge in [0.2, 0.25) is 0 Å². The van der Waals surface area contributed by atoms with Crippen LogP contribution in [0.3, 0.4) is 0 Å². The molecule has 5 heteroatoms. The topological polar surface area (TPSA) is 62.9 Å². The van der Waals surface area contributed by atoms with Crippen molar-refractivity contribution in [1.82, 2.24) is 0 Å². The van der Waals surface area contributed by atoms with Gasteiger partial charge in [-0.2, -0.15) is 0 Å². The number of ether oxygens (including phenoxy) is 1. The van der Waals surface area contributed by atoms with E-state index in [1.807, 2.05) is 30.3 Å². The molecule has 0 saturated carbocycles. The summed E-state index contributed by atoms with van der Waals surface area (Å²) in [4.78, 5) is 6.91. The molecule has 5 nitrogen and oxygen atoms in total. The Morgan fingerprint density at radius 2 is 1.96 bits per heavy atom. The van der Waals surface area contributed by atoms with Crippen LogP contribution in [0.5, 0.6) is 5.75 Å². The number of nitrogens with one attached hydrogen (secondary N) is 1. The first-order valence-electron chi connectivity index (χ1n) is 8.25. The Morgan fingerprint density at radius 1 is 1.21 bits per heavy atom. The van der Waals surface area contributed by atoms with Gasteiger partial charge in [0.15, 0.2) is 5.96 Å². The van der Waals surface area contributed by atoms with Gasteiger partial charge < -0.3 is 20.7 Å². The van der Waals surface area contributed by atoms with Gasteiger partial charge in [0.1, 0.15) is 5.75 Å². The molecule has 1 fully saturated rings. The first-order valence-corrected chi connectivity index (χ1v) is 8.25. The summed E-state index contributed by atoms with van der Waals surface area (Å²) in [7, 11) is 1.65. The maximum Gasteiger partial charge on any atom is 0.193 e. The molecule has 0 radical (unpaired) electrons. The number of aliphatic imine (C=N–C) groups is 1. The molecule has 126 valence electrons. The number of hydrogen-bond donors (Lipinski definition) is 2. The predicted molar refractivity (Wildman–Crippen MR) is 99.9 cm³/mol. The summed E-state index contributed by atoms with van der Waals surface area (Å²) >= 11 is 0. The highest BCUT2D eigenvalue weighted by atomic mass is 16.5. The van der Waals surface area contributed by atoms with Crippen LogP contribution in [-0.4, -0.2) is 32.7 Å². The molecule has 0 aliphatic carbocycles.